The van der Waals surface area contributed by atoms with Crippen molar-refractivity contribution in [2.45, 2.75) is 190 Å². The lowest BCUT2D eigenvalue weighted by molar-refractivity contribution is -0.142. The van der Waals surface area contributed by atoms with Crippen molar-refractivity contribution in [3.8, 4) is 0 Å². The maximum Gasteiger partial charge on any atom is 0.326 e. The summed E-state index contributed by atoms with van der Waals surface area (Å²) in [5, 5.41) is 31.2. The van der Waals surface area contributed by atoms with E-state index in [0.717, 1.165) is 0 Å². The molecule has 9 atom stereocenters. The summed E-state index contributed by atoms with van der Waals surface area (Å²) < 4.78 is 0. The molecule has 0 aliphatic heterocycles. The predicted molar refractivity (Wildman–Crippen MR) is 356 cm³/mol. The number of nitrogens with zero attached hydrogens (tertiary/aromatic N) is 6. The molecule has 93 heavy (non-hydrogen) atoms. The van der Waals surface area contributed by atoms with Gasteiger partial charge < -0.3 is 134 Å². The zero-order chi connectivity index (χ0) is 70.4. The van der Waals surface area contributed by atoms with Gasteiger partial charge in [-0.15, -0.1) is 0 Å². The molecule has 39 heteroatoms. The summed E-state index contributed by atoms with van der Waals surface area (Å²) in [6.45, 7) is 4.32. The Labute approximate surface area is 542 Å². The standard InChI is InChI=1S/C54H109N29O10/c1-30(2)29-39(47(91)81-35(17-9-25-72-51(62)63)44(88)79-36(18-10-26-73-52(64)65)45(89)82-38(48(92)93)20-12-28-75-54(68)69)83-46(90)37(19-11-27-74-53(66)67)80-43(87)34(16-8-24-71-50(60)61)78-42(86)33(15-4-6-22-56)77-41(85)32(14-3-5-21-55)76-40(84)31(57)13-7-23-70-49(58)59/h30-39H,3-29,55-57H2,1-2H3,(H,76,84)(H,77,85)(H,78,86)(H,79,88)(H,80,87)(H,81,91)(H,82,89)(H,83,90)(H,92,93)(H4,58,59,70)(H4,60,61,71)(H4,62,63,72)(H4,64,65,73)(H4,66,67,74)(H4,68,69,75)/t31-,32+,33+,34+,35+,36+,37-,38-,39+/m1/s1. The lowest BCUT2D eigenvalue weighted by Gasteiger charge is -2.29. The third-order valence-electron chi connectivity index (χ3n) is 13.7. The Morgan fingerprint density at radius 3 is 0.742 bits per heavy atom. The first-order chi connectivity index (χ1) is 43.9. The molecule has 530 valence electrons. The van der Waals surface area contributed by atoms with Crippen molar-refractivity contribution in [1.29, 1.82) is 0 Å². The van der Waals surface area contributed by atoms with Crippen LogP contribution >= 0.6 is 0 Å². The normalized spacial score (nSPS) is 13.7. The Morgan fingerprint density at radius 2 is 0.505 bits per heavy atom. The van der Waals surface area contributed by atoms with E-state index in [0.29, 0.717) is 38.6 Å². The van der Waals surface area contributed by atoms with E-state index in [9.17, 15) is 48.3 Å². The molecule has 0 unspecified atom stereocenters. The fourth-order valence-corrected chi connectivity index (χ4v) is 8.91. The summed E-state index contributed by atoms with van der Waals surface area (Å²) in [5.41, 5.74) is 83.8. The van der Waals surface area contributed by atoms with Gasteiger partial charge in [-0.3, -0.25) is 68.3 Å². The Bertz CT molecular complexity index is 2490. The summed E-state index contributed by atoms with van der Waals surface area (Å²) in [6.07, 6.45) is 2.31. The molecule has 0 radical (unpaired) electrons. The van der Waals surface area contributed by atoms with Crippen LogP contribution in [-0.4, -0.2) is 201 Å². The van der Waals surface area contributed by atoms with Gasteiger partial charge in [0.15, 0.2) is 35.8 Å². The van der Waals surface area contributed by atoms with Crippen molar-refractivity contribution in [2.24, 2.45) is 122 Å². The third kappa shape index (κ3) is 41.0. The van der Waals surface area contributed by atoms with E-state index < -0.39 is 108 Å². The Morgan fingerprint density at radius 1 is 0.301 bits per heavy atom. The largest absolute Gasteiger partial charge is 0.480 e. The summed E-state index contributed by atoms with van der Waals surface area (Å²) >= 11 is 0. The number of hydrogen-bond acceptors (Lipinski definition) is 18. The lowest BCUT2D eigenvalue weighted by atomic mass is 10.0. The van der Waals surface area contributed by atoms with Crippen molar-refractivity contribution in [3.05, 3.63) is 0 Å². The molecule has 0 saturated heterocycles. The number of aliphatic imine (C=N–C) groups is 6. The van der Waals surface area contributed by atoms with E-state index >= 15 is 0 Å². The number of unbranched alkanes of at least 4 members (excludes halogenated alkanes) is 2. The van der Waals surface area contributed by atoms with Crippen LogP contribution in [0.4, 0.5) is 0 Å². The molecule has 0 aromatic carbocycles. The molecule has 39 N–H and O–H groups in total. The fourth-order valence-electron chi connectivity index (χ4n) is 8.91. The van der Waals surface area contributed by atoms with Crippen molar-refractivity contribution in [1.82, 2.24) is 42.5 Å². The molecule has 0 heterocycles. The first-order valence-electron chi connectivity index (χ1n) is 31.1. The van der Waals surface area contributed by atoms with Crippen molar-refractivity contribution < 1.29 is 48.3 Å². The molecule has 0 aliphatic rings. The number of carboxylic acid groups (broad SMARTS) is 1. The van der Waals surface area contributed by atoms with E-state index in [1.165, 1.54) is 0 Å². The summed E-state index contributed by atoms with van der Waals surface area (Å²) in [4.78, 5) is 150. The first-order valence-corrected chi connectivity index (χ1v) is 31.1. The Balaban J connectivity index is 7.38. The molecule has 0 bridgehead atoms. The molecule has 0 saturated carbocycles. The molecule has 0 aromatic rings. The summed E-state index contributed by atoms with van der Waals surface area (Å²) in [5.74, 6) is -9.66. The second-order valence-corrected chi connectivity index (χ2v) is 22.3. The number of aliphatic carboxylic acids is 1. The van der Waals surface area contributed by atoms with Crippen molar-refractivity contribution in [2.75, 3.05) is 52.4 Å². The number of rotatable bonds is 51. The van der Waals surface area contributed by atoms with Gasteiger partial charge in [-0.2, -0.15) is 0 Å². The quantitative estimate of drug-likeness (QED) is 0.0153. The average Bonchev–Trinajstić information content (AvgIpc) is 2.75. The van der Waals surface area contributed by atoms with Gasteiger partial charge in [0.2, 0.25) is 47.3 Å². The molecule has 39 nitrogen and oxygen atoms in total. The number of carbonyl (C=O) groups excluding carboxylic acids is 8. The van der Waals surface area contributed by atoms with E-state index in [4.69, 9.17) is 86.0 Å². The van der Waals surface area contributed by atoms with Gasteiger partial charge in [-0.25, -0.2) is 4.79 Å². The Hall–Kier alpha value is -9.27. The van der Waals surface area contributed by atoms with Crippen LogP contribution in [0.3, 0.4) is 0 Å². The van der Waals surface area contributed by atoms with Crippen LogP contribution < -0.4 is 129 Å². The van der Waals surface area contributed by atoms with Gasteiger partial charge in [-0.1, -0.05) is 13.8 Å². The minimum atomic E-state index is -1.46. The molecule has 0 aliphatic carbocycles. The number of hydrogen-bond donors (Lipinski definition) is 24. The van der Waals surface area contributed by atoms with Crippen LogP contribution in [0.15, 0.2) is 30.0 Å². The molecular formula is C54H109N29O10. The number of amides is 8. The molecule has 0 rings (SSSR count). The maximum atomic E-state index is 14.7. The number of nitrogens with two attached hydrogens (primary N) is 15. The Kier molecular flexibility index (Phi) is 43.7. The average molecular weight is 1320 g/mol. The molecule has 0 spiro atoms. The number of nitrogens with one attached hydrogen (secondary N) is 8. The first kappa shape index (κ1) is 83.7. The smallest absolute Gasteiger partial charge is 0.326 e. The van der Waals surface area contributed by atoms with Crippen LogP contribution in [0, 0.1) is 5.92 Å². The van der Waals surface area contributed by atoms with Crippen LogP contribution in [0.25, 0.3) is 0 Å². The minimum absolute atomic E-state index is 0.00222. The van der Waals surface area contributed by atoms with E-state index in [2.05, 4.69) is 72.5 Å². The van der Waals surface area contributed by atoms with Crippen LogP contribution in [0.2, 0.25) is 0 Å². The lowest BCUT2D eigenvalue weighted by Crippen LogP contribution is -2.60. The second kappa shape index (κ2) is 48.5. The zero-order valence-corrected chi connectivity index (χ0v) is 53.8. The highest BCUT2D eigenvalue weighted by Crippen LogP contribution is 2.13. The highest BCUT2D eigenvalue weighted by Gasteiger charge is 2.35. The van der Waals surface area contributed by atoms with Crippen LogP contribution in [0.1, 0.15) is 136 Å². The second-order valence-electron chi connectivity index (χ2n) is 22.3. The fraction of sp³-hybridized carbons (Fsp3) is 0.722. The molecule has 0 fully saturated rings. The number of guanidine groups is 6. The predicted octanol–water partition coefficient (Wildman–Crippen LogP) is -9.10. The van der Waals surface area contributed by atoms with Crippen molar-refractivity contribution >= 4 is 89.0 Å². The summed E-state index contributed by atoms with van der Waals surface area (Å²) in [6, 6.07) is -12.1. The van der Waals surface area contributed by atoms with Gasteiger partial charge >= 0.3 is 5.97 Å². The minimum Gasteiger partial charge on any atom is -0.480 e. The van der Waals surface area contributed by atoms with Crippen LogP contribution in [0.5, 0.6) is 0 Å². The van der Waals surface area contributed by atoms with E-state index in [-0.39, 0.29) is 177 Å². The van der Waals surface area contributed by atoms with Gasteiger partial charge in [0.1, 0.15) is 48.3 Å². The zero-order valence-electron chi connectivity index (χ0n) is 53.8. The van der Waals surface area contributed by atoms with Gasteiger partial charge in [-0.05, 0) is 141 Å². The molecular weight excluding hydrogens is 1210 g/mol. The number of carbonyl (C=O) groups is 9. The van der Waals surface area contributed by atoms with Crippen LogP contribution in [-0.2, 0) is 43.2 Å². The highest BCUT2D eigenvalue weighted by molar-refractivity contribution is 5.98. The van der Waals surface area contributed by atoms with Gasteiger partial charge in [0.25, 0.3) is 0 Å². The molecule has 0 aromatic heterocycles. The van der Waals surface area contributed by atoms with E-state index in [1.807, 2.05) is 0 Å². The number of carboxylic acids is 1. The van der Waals surface area contributed by atoms with Crippen molar-refractivity contribution in [3.63, 3.8) is 0 Å². The van der Waals surface area contributed by atoms with Gasteiger partial charge in [0, 0.05) is 39.3 Å². The topological polar surface area (TPSA) is 735 Å². The van der Waals surface area contributed by atoms with E-state index in [1.54, 1.807) is 13.8 Å². The SMILES string of the molecule is CC(C)C[C@H](NC(=O)[C@@H](CCCN=C(N)N)NC(=O)[C@H](CCCN=C(N)N)NC(=O)[C@H](CCCCN)NC(=O)[C@H](CCCCN)NC(=O)[C@H](N)CCCN=C(N)N)C(=O)N[C@@H](CCCN=C(N)N)C(=O)N[C@@H](CCCN=C(N)N)C(=O)N[C@H](CCCN=C(N)N)C(=O)O. The van der Waals surface area contributed by atoms with Gasteiger partial charge in [0.05, 0.1) is 6.04 Å². The highest BCUT2D eigenvalue weighted by atomic mass is 16.4. The maximum absolute atomic E-state index is 14.7. The molecule has 8 amide bonds. The summed E-state index contributed by atoms with van der Waals surface area (Å²) in [7, 11) is 0. The monoisotopic (exact) mass is 1320 g/mol. The third-order valence-corrected chi connectivity index (χ3v) is 13.7.